The van der Waals surface area contributed by atoms with E-state index in [0.717, 1.165) is 0 Å². The zero-order valence-electron chi connectivity index (χ0n) is 11.3. The fourth-order valence-electron chi connectivity index (χ4n) is 1.30. The van der Waals surface area contributed by atoms with E-state index in [9.17, 15) is 13.2 Å². The molecule has 0 spiro atoms. The molecule has 1 aromatic carbocycles. The number of carbonyl (C=O) groups is 1. The first kappa shape index (κ1) is 15.8. The number of aliphatic hydroxyl groups is 1. The quantitative estimate of drug-likeness (QED) is 0.769. The van der Waals surface area contributed by atoms with Crippen molar-refractivity contribution in [2.45, 2.75) is 25.7 Å². The average molecular weight is 285 g/mol. The Balaban J connectivity index is 2.86. The molecule has 0 amide bonds. The molecule has 0 atom stereocenters. The molecule has 0 bridgehead atoms. The fourth-order valence-corrected chi connectivity index (χ4v) is 2.54. The van der Waals surface area contributed by atoms with Crippen LogP contribution in [0.25, 0.3) is 0 Å². The van der Waals surface area contributed by atoms with Gasteiger partial charge in [-0.05, 0) is 19.1 Å². The smallest absolute Gasteiger partial charge is 0.240 e. The first-order valence-electron chi connectivity index (χ1n) is 5.89. The van der Waals surface area contributed by atoms with Gasteiger partial charge in [-0.3, -0.25) is 4.79 Å². The molecule has 0 aliphatic heterocycles. The minimum atomic E-state index is -3.62. The second kappa shape index (κ2) is 5.81. The summed E-state index contributed by atoms with van der Waals surface area (Å²) in [6.45, 7) is 4.97. The van der Waals surface area contributed by atoms with Crippen molar-refractivity contribution in [2.75, 3.05) is 13.2 Å². The van der Waals surface area contributed by atoms with Gasteiger partial charge in [0.15, 0.2) is 5.78 Å². The molecule has 0 aliphatic rings. The number of benzene rings is 1. The highest BCUT2D eigenvalue weighted by molar-refractivity contribution is 7.89. The second-order valence-electron chi connectivity index (χ2n) is 5.23. The summed E-state index contributed by atoms with van der Waals surface area (Å²) in [5, 5.41) is 9.09. The van der Waals surface area contributed by atoms with Crippen LogP contribution in [-0.4, -0.2) is 32.5 Å². The minimum absolute atomic E-state index is 0.103. The number of carbonyl (C=O) groups excluding carboxylic acids is 1. The van der Waals surface area contributed by atoms with Crippen molar-refractivity contribution in [1.29, 1.82) is 0 Å². The molecule has 0 aromatic heterocycles. The van der Waals surface area contributed by atoms with Gasteiger partial charge in [0.25, 0.3) is 0 Å². The standard InChI is InChI=1S/C13H19NO4S/c1-10(16)11-4-6-12(7-5-11)19(17,18)14-8-13(2,3)9-15/h4-7,14-15H,8-9H2,1-3H3. The normalized spacial score (nSPS) is 12.4. The Morgan fingerprint density at radius 3 is 2.21 bits per heavy atom. The predicted molar refractivity (Wildman–Crippen MR) is 72.5 cm³/mol. The lowest BCUT2D eigenvalue weighted by molar-refractivity contribution is 0.101. The van der Waals surface area contributed by atoms with E-state index in [0.29, 0.717) is 5.56 Å². The lowest BCUT2D eigenvalue weighted by atomic mass is 9.96. The van der Waals surface area contributed by atoms with Crippen molar-refractivity contribution < 1.29 is 18.3 Å². The van der Waals surface area contributed by atoms with Crippen LogP contribution in [0.5, 0.6) is 0 Å². The van der Waals surface area contributed by atoms with Crippen molar-refractivity contribution in [3.05, 3.63) is 29.8 Å². The van der Waals surface area contributed by atoms with Gasteiger partial charge < -0.3 is 5.11 Å². The van der Waals surface area contributed by atoms with Crippen LogP contribution < -0.4 is 4.72 Å². The van der Waals surface area contributed by atoms with Gasteiger partial charge in [-0.1, -0.05) is 26.0 Å². The number of aliphatic hydroxyl groups excluding tert-OH is 1. The Morgan fingerprint density at radius 1 is 1.26 bits per heavy atom. The van der Waals surface area contributed by atoms with E-state index >= 15 is 0 Å². The number of ketones is 1. The van der Waals surface area contributed by atoms with Gasteiger partial charge in [-0.25, -0.2) is 13.1 Å². The zero-order valence-corrected chi connectivity index (χ0v) is 12.1. The number of nitrogens with one attached hydrogen (secondary N) is 1. The summed E-state index contributed by atoms with van der Waals surface area (Å²) in [7, 11) is -3.62. The second-order valence-corrected chi connectivity index (χ2v) is 6.99. The largest absolute Gasteiger partial charge is 0.396 e. The molecule has 19 heavy (non-hydrogen) atoms. The highest BCUT2D eigenvalue weighted by atomic mass is 32.2. The Kier molecular flexibility index (Phi) is 4.84. The van der Waals surface area contributed by atoms with Crippen LogP contribution in [0.2, 0.25) is 0 Å². The maximum atomic E-state index is 12.0. The molecular formula is C13H19NO4S. The number of Topliss-reactive ketones (excluding diaryl/α,β-unsaturated/α-hetero) is 1. The first-order chi connectivity index (χ1) is 8.68. The summed E-state index contributed by atoms with van der Waals surface area (Å²) in [5.74, 6) is -0.113. The summed E-state index contributed by atoms with van der Waals surface area (Å²) < 4.78 is 26.4. The van der Waals surface area contributed by atoms with E-state index in [4.69, 9.17) is 5.11 Å². The number of hydrogen-bond donors (Lipinski definition) is 2. The zero-order chi connectivity index (χ0) is 14.7. The molecule has 6 heteroatoms. The predicted octanol–water partition coefficient (Wildman–Crippen LogP) is 1.19. The Hall–Kier alpha value is -1.24. The molecular weight excluding hydrogens is 266 g/mol. The Labute approximate surface area is 113 Å². The van der Waals surface area contributed by atoms with E-state index in [1.807, 2.05) is 0 Å². The van der Waals surface area contributed by atoms with Gasteiger partial charge >= 0.3 is 0 Å². The molecule has 0 aliphatic carbocycles. The molecule has 0 fully saturated rings. The molecule has 0 heterocycles. The highest BCUT2D eigenvalue weighted by Crippen LogP contribution is 2.15. The van der Waals surface area contributed by atoms with Crippen molar-refractivity contribution in [2.24, 2.45) is 5.41 Å². The minimum Gasteiger partial charge on any atom is -0.396 e. The molecule has 1 rings (SSSR count). The molecule has 0 saturated carbocycles. The van der Waals surface area contributed by atoms with E-state index < -0.39 is 15.4 Å². The maximum absolute atomic E-state index is 12.0. The summed E-state index contributed by atoms with van der Waals surface area (Å²) in [6, 6.07) is 5.75. The number of hydrogen-bond acceptors (Lipinski definition) is 4. The van der Waals surface area contributed by atoms with E-state index in [1.165, 1.54) is 31.2 Å². The fraction of sp³-hybridized carbons (Fsp3) is 0.462. The van der Waals surface area contributed by atoms with Crippen molar-refractivity contribution in [3.63, 3.8) is 0 Å². The van der Waals surface area contributed by atoms with Gasteiger partial charge in [-0.15, -0.1) is 0 Å². The molecule has 0 saturated heterocycles. The number of rotatable bonds is 6. The average Bonchev–Trinajstić information content (AvgIpc) is 2.37. The van der Waals surface area contributed by atoms with E-state index in [-0.39, 0.29) is 23.8 Å². The van der Waals surface area contributed by atoms with Gasteiger partial charge in [0.2, 0.25) is 10.0 Å². The summed E-state index contributed by atoms with van der Waals surface area (Å²) in [5.41, 5.74) is -0.0542. The third-order valence-corrected chi connectivity index (χ3v) is 4.16. The van der Waals surface area contributed by atoms with Crippen LogP contribution in [0.15, 0.2) is 29.2 Å². The molecule has 5 nitrogen and oxygen atoms in total. The first-order valence-corrected chi connectivity index (χ1v) is 7.38. The molecule has 2 N–H and O–H groups in total. The summed E-state index contributed by atoms with van der Waals surface area (Å²) >= 11 is 0. The SMILES string of the molecule is CC(=O)c1ccc(S(=O)(=O)NCC(C)(C)CO)cc1. The van der Waals surface area contributed by atoms with E-state index in [2.05, 4.69) is 4.72 Å². The third-order valence-electron chi connectivity index (χ3n) is 2.74. The van der Waals surface area contributed by atoms with Gasteiger partial charge in [0.1, 0.15) is 0 Å². The third kappa shape index (κ3) is 4.41. The summed E-state index contributed by atoms with van der Waals surface area (Å²) in [6.07, 6.45) is 0. The molecule has 0 radical (unpaired) electrons. The van der Waals surface area contributed by atoms with Gasteiger partial charge in [0.05, 0.1) is 4.90 Å². The van der Waals surface area contributed by atoms with Gasteiger partial charge in [-0.2, -0.15) is 0 Å². The van der Waals surface area contributed by atoms with Crippen LogP contribution in [0.4, 0.5) is 0 Å². The Morgan fingerprint density at radius 2 is 1.79 bits per heavy atom. The summed E-state index contributed by atoms with van der Waals surface area (Å²) in [4.78, 5) is 11.2. The van der Waals surface area contributed by atoms with Crippen LogP contribution in [0.1, 0.15) is 31.1 Å². The lowest BCUT2D eigenvalue weighted by Crippen LogP contribution is -2.36. The number of sulfonamides is 1. The topological polar surface area (TPSA) is 83.5 Å². The lowest BCUT2D eigenvalue weighted by Gasteiger charge is -2.21. The van der Waals surface area contributed by atoms with Crippen LogP contribution in [0, 0.1) is 5.41 Å². The van der Waals surface area contributed by atoms with Crippen LogP contribution in [-0.2, 0) is 10.0 Å². The molecule has 106 valence electrons. The Bertz CT molecular complexity index is 547. The van der Waals surface area contributed by atoms with Crippen molar-refractivity contribution in [1.82, 2.24) is 4.72 Å². The van der Waals surface area contributed by atoms with Gasteiger partial charge in [0, 0.05) is 24.1 Å². The van der Waals surface area contributed by atoms with Crippen LogP contribution >= 0.6 is 0 Å². The highest BCUT2D eigenvalue weighted by Gasteiger charge is 2.21. The van der Waals surface area contributed by atoms with Crippen molar-refractivity contribution >= 4 is 15.8 Å². The van der Waals surface area contributed by atoms with Crippen molar-refractivity contribution in [3.8, 4) is 0 Å². The molecule has 0 unspecified atom stereocenters. The molecule has 1 aromatic rings. The maximum Gasteiger partial charge on any atom is 0.240 e. The van der Waals surface area contributed by atoms with E-state index in [1.54, 1.807) is 13.8 Å². The van der Waals surface area contributed by atoms with Crippen LogP contribution in [0.3, 0.4) is 0 Å². The monoisotopic (exact) mass is 285 g/mol.